The first-order valence-corrected chi connectivity index (χ1v) is 5.86. The quantitative estimate of drug-likeness (QED) is 0.643. The smallest absolute Gasteiger partial charge is 0.230 e. The standard InChI is InChI=1S/C12H11FN2OS/c1-2-5-15-12(16)8-17-11-4-3-9(7-14)6-10(11)13/h2-4,6H,1,5,8H2,(H,15,16). The van der Waals surface area contributed by atoms with Crippen molar-refractivity contribution in [2.24, 2.45) is 0 Å². The Labute approximate surface area is 103 Å². The molecule has 17 heavy (non-hydrogen) atoms. The number of nitrogens with one attached hydrogen (secondary N) is 1. The van der Waals surface area contributed by atoms with Crippen molar-refractivity contribution < 1.29 is 9.18 Å². The second-order valence-electron chi connectivity index (χ2n) is 3.14. The van der Waals surface area contributed by atoms with Crippen molar-refractivity contribution in [3.05, 3.63) is 42.2 Å². The molecule has 0 radical (unpaired) electrons. The fraction of sp³-hybridized carbons (Fsp3) is 0.167. The van der Waals surface area contributed by atoms with Crippen LogP contribution in [0.2, 0.25) is 0 Å². The number of hydrogen-bond donors (Lipinski definition) is 1. The molecule has 3 nitrogen and oxygen atoms in total. The van der Waals surface area contributed by atoms with E-state index in [4.69, 9.17) is 5.26 Å². The number of carbonyl (C=O) groups is 1. The monoisotopic (exact) mass is 250 g/mol. The van der Waals surface area contributed by atoms with Crippen LogP contribution in [0.1, 0.15) is 5.56 Å². The summed E-state index contributed by atoms with van der Waals surface area (Å²) in [5, 5.41) is 11.2. The van der Waals surface area contributed by atoms with Gasteiger partial charge in [-0.3, -0.25) is 4.79 Å². The van der Waals surface area contributed by atoms with E-state index >= 15 is 0 Å². The summed E-state index contributed by atoms with van der Waals surface area (Å²) < 4.78 is 13.4. The maximum Gasteiger partial charge on any atom is 0.230 e. The van der Waals surface area contributed by atoms with Gasteiger partial charge in [-0.1, -0.05) is 6.08 Å². The molecular weight excluding hydrogens is 239 g/mol. The predicted octanol–water partition coefficient (Wildman–Crippen LogP) is 2.09. The molecule has 0 aliphatic heterocycles. The van der Waals surface area contributed by atoms with Gasteiger partial charge in [0.05, 0.1) is 17.4 Å². The third-order valence-electron chi connectivity index (χ3n) is 1.86. The van der Waals surface area contributed by atoms with Gasteiger partial charge in [-0.15, -0.1) is 18.3 Å². The Morgan fingerprint density at radius 1 is 1.65 bits per heavy atom. The number of thioether (sulfide) groups is 1. The molecule has 1 aromatic carbocycles. The minimum atomic E-state index is -0.481. The number of amides is 1. The van der Waals surface area contributed by atoms with Crippen LogP contribution in [-0.4, -0.2) is 18.2 Å². The Hall–Kier alpha value is -1.80. The lowest BCUT2D eigenvalue weighted by Crippen LogP contribution is -2.24. The predicted molar refractivity (Wildman–Crippen MR) is 65.0 cm³/mol. The Balaban J connectivity index is 2.55. The molecule has 0 saturated heterocycles. The minimum Gasteiger partial charge on any atom is -0.352 e. The van der Waals surface area contributed by atoms with Crippen molar-refractivity contribution in [1.29, 1.82) is 5.26 Å². The van der Waals surface area contributed by atoms with Crippen LogP contribution in [-0.2, 0) is 4.79 Å². The van der Waals surface area contributed by atoms with Crippen molar-refractivity contribution in [3.63, 3.8) is 0 Å². The van der Waals surface area contributed by atoms with E-state index in [0.29, 0.717) is 11.4 Å². The van der Waals surface area contributed by atoms with Gasteiger partial charge in [0.25, 0.3) is 0 Å². The average Bonchev–Trinajstić information content (AvgIpc) is 2.34. The zero-order valence-electron chi connectivity index (χ0n) is 9.07. The number of nitriles is 1. The zero-order chi connectivity index (χ0) is 12.7. The SMILES string of the molecule is C=CCNC(=O)CSc1ccc(C#N)cc1F. The molecule has 0 aliphatic carbocycles. The van der Waals surface area contributed by atoms with Crippen molar-refractivity contribution in [1.82, 2.24) is 5.32 Å². The second kappa shape index (κ2) is 6.71. The highest BCUT2D eigenvalue weighted by atomic mass is 32.2. The molecule has 88 valence electrons. The Bertz CT molecular complexity index is 468. The van der Waals surface area contributed by atoms with Crippen molar-refractivity contribution >= 4 is 17.7 Å². The van der Waals surface area contributed by atoms with Crippen LogP contribution < -0.4 is 5.32 Å². The Kier molecular flexibility index (Phi) is 5.24. The molecular formula is C12H11FN2OS. The van der Waals surface area contributed by atoms with E-state index in [-0.39, 0.29) is 17.2 Å². The summed E-state index contributed by atoms with van der Waals surface area (Å²) in [5.41, 5.74) is 0.267. The van der Waals surface area contributed by atoms with Crippen molar-refractivity contribution in [3.8, 4) is 6.07 Å². The topological polar surface area (TPSA) is 52.9 Å². The molecule has 1 amide bonds. The second-order valence-corrected chi connectivity index (χ2v) is 4.16. The maximum absolute atomic E-state index is 13.4. The third-order valence-corrected chi connectivity index (χ3v) is 2.91. The van der Waals surface area contributed by atoms with Crippen molar-refractivity contribution in [2.45, 2.75) is 4.90 Å². The van der Waals surface area contributed by atoms with Crippen molar-refractivity contribution in [2.75, 3.05) is 12.3 Å². The summed E-state index contributed by atoms with van der Waals surface area (Å²) >= 11 is 1.09. The minimum absolute atomic E-state index is 0.136. The molecule has 0 saturated carbocycles. The van der Waals surface area contributed by atoms with E-state index in [2.05, 4.69) is 11.9 Å². The van der Waals surface area contributed by atoms with E-state index in [1.807, 2.05) is 6.07 Å². The molecule has 0 bridgehead atoms. The fourth-order valence-electron chi connectivity index (χ4n) is 1.07. The molecule has 1 aromatic rings. The highest BCUT2D eigenvalue weighted by molar-refractivity contribution is 8.00. The summed E-state index contributed by atoms with van der Waals surface area (Å²) in [7, 11) is 0. The molecule has 1 rings (SSSR count). The van der Waals surface area contributed by atoms with Gasteiger partial charge in [-0.05, 0) is 18.2 Å². The average molecular weight is 250 g/mol. The highest BCUT2D eigenvalue weighted by Crippen LogP contribution is 2.22. The first-order valence-electron chi connectivity index (χ1n) is 4.87. The summed E-state index contributed by atoms with van der Waals surface area (Å²) in [6.07, 6.45) is 1.57. The molecule has 0 aromatic heterocycles. The van der Waals surface area contributed by atoms with Crippen LogP contribution in [0.5, 0.6) is 0 Å². The largest absolute Gasteiger partial charge is 0.352 e. The maximum atomic E-state index is 13.4. The van der Waals surface area contributed by atoms with E-state index in [9.17, 15) is 9.18 Å². The van der Waals surface area contributed by atoms with Gasteiger partial charge in [0, 0.05) is 11.4 Å². The number of hydrogen-bond acceptors (Lipinski definition) is 3. The number of carbonyl (C=O) groups excluding carboxylic acids is 1. The zero-order valence-corrected chi connectivity index (χ0v) is 9.89. The molecule has 0 atom stereocenters. The molecule has 0 spiro atoms. The summed E-state index contributed by atoms with van der Waals surface area (Å²) in [4.78, 5) is 11.6. The van der Waals surface area contributed by atoms with Crippen LogP contribution in [0, 0.1) is 17.1 Å². The number of nitrogens with zero attached hydrogens (tertiary/aromatic N) is 1. The lowest BCUT2D eigenvalue weighted by atomic mass is 10.2. The van der Waals surface area contributed by atoms with Crippen LogP contribution in [0.3, 0.4) is 0 Å². The number of rotatable bonds is 5. The summed E-state index contributed by atoms with van der Waals surface area (Å²) in [6.45, 7) is 3.87. The molecule has 1 N–H and O–H groups in total. The van der Waals surface area contributed by atoms with Gasteiger partial charge in [-0.2, -0.15) is 5.26 Å². The van der Waals surface area contributed by atoms with Gasteiger partial charge < -0.3 is 5.32 Å². The Morgan fingerprint density at radius 3 is 3.00 bits per heavy atom. The van der Waals surface area contributed by atoms with Gasteiger partial charge in [0.1, 0.15) is 5.82 Å². The summed E-state index contributed by atoms with van der Waals surface area (Å²) in [6, 6.07) is 6.03. The van der Waals surface area contributed by atoms with Gasteiger partial charge >= 0.3 is 0 Å². The van der Waals surface area contributed by atoms with Gasteiger partial charge in [-0.25, -0.2) is 4.39 Å². The first kappa shape index (κ1) is 13.3. The fourth-order valence-corrected chi connectivity index (χ4v) is 1.82. The molecule has 5 heteroatoms. The highest BCUT2D eigenvalue weighted by Gasteiger charge is 2.07. The lowest BCUT2D eigenvalue weighted by Gasteiger charge is -2.03. The first-order chi connectivity index (χ1) is 8.17. The lowest BCUT2D eigenvalue weighted by molar-refractivity contribution is -0.118. The Morgan fingerprint density at radius 2 is 2.41 bits per heavy atom. The summed E-state index contributed by atoms with van der Waals surface area (Å²) in [5.74, 6) is -0.527. The van der Waals surface area contributed by atoms with Crippen LogP contribution in [0.4, 0.5) is 4.39 Å². The molecule has 0 fully saturated rings. The molecule has 0 unspecified atom stereocenters. The molecule has 0 heterocycles. The molecule has 0 aliphatic rings. The number of benzene rings is 1. The van der Waals surface area contributed by atoms with Crippen LogP contribution in [0.15, 0.2) is 35.7 Å². The van der Waals surface area contributed by atoms with E-state index in [0.717, 1.165) is 17.8 Å². The van der Waals surface area contributed by atoms with E-state index in [1.54, 1.807) is 6.08 Å². The van der Waals surface area contributed by atoms with Crippen LogP contribution >= 0.6 is 11.8 Å². The van der Waals surface area contributed by atoms with E-state index < -0.39 is 5.82 Å². The van der Waals surface area contributed by atoms with Gasteiger partial charge in [0.2, 0.25) is 5.91 Å². The number of halogens is 1. The normalized spacial score (nSPS) is 9.41. The van der Waals surface area contributed by atoms with Gasteiger partial charge in [0.15, 0.2) is 0 Å². The third kappa shape index (κ3) is 4.29. The van der Waals surface area contributed by atoms with Crippen LogP contribution in [0.25, 0.3) is 0 Å². The van der Waals surface area contributed by atoms with E-state index in [1.165, 1.54) is 12.1 Å².